The summed E-state index contributed by atoms with van der Waals surface area (Å²) in [5.74, 6) is 4.01. The van der Waals surface area contributed by atoms with E-state index >= 15 is 0 Å². The van der Waals surface area contributed by atoms with Crippen LogP contribution in [0.5, 0.6) is 5.75 Å². The molecular formula is C14H12N4O2S. The van der Waals surface area contributed by atoms with Crippen LogP contribution in [0.1, 0.15) is 5.82 Å². The van der Waals surface area contributed by atoms with Gasteiger partial charge in [-0.15, -0.1) is 16.6 Å². The molecule has 0 fully saturated rings. The van der Waals surface area contributed by atoms with Gasteiger partial charge in [0.2, 0.25) is 5.16 Å². The Morgan fingerprint density at radius 2 is 2.14 bits per heavy atom. The van der Waals surface area contributed by atoms with Gasteiger partial charge in [-0.1, -0.05) is 35.9 Å². The van der Waals surface area contributed by atoms with E-state index in [9.17, 15) is 4.79 Å². The first-order valence-electron chi connectivity index (χ1n) is 6.28. The lowest BCUT2D eigenvalue weighted by Gasteiger charge is -2.27. The van der Waals surface area contributed by atoms with Crippen molar-refractivity contribution in [3.05, 3.63) is 36.2 Å². The van der Waals surface area contributed by atoms with E-state index in [0.717, 1.165) is 5.75 Å². The molecule has 1 amide bonds. The van der Waals surface area contributed by atoms with E-state index in [0.29, 0.717) is 16.7 Å². The number of hydrogen-bond donors (Lipinski definition) is 0. The number of para-hydroxylation sites is 1. The van der Waals surface area contributed by atoms with E-state index < -0.39 is 0 Å². The first kappa shape index (κ1) is 13.5. The van der Waals surface area contributed by atoms with Gasteiger partial charge in [0.1, 0.15) is 18.9 Å². The predicted octanol–water partition coefficient (Wildman–Crippen LogP) is 1.06. The van der Waals surface area contributed by atoms with Crippen molar-refractivity contribution < 1.29 is 9.53 Å². The molecule has 0 saturated carbocycles. The number of rotatable bonds is 4. The fourth-order valence-electron chi connectivity index (χ4n) is 1.94. The van der Waals surface area contributed by atoms with Gasteiger partial charge in [0, 0.05) is 0 Å². The molecule has 6 nitrogen and oxygen atoms in total. The zero-order valence-electron chi connectivity index (χ0n) is 11.1. The number of hydrogen-bond acceptors (Lipinski definition) is 5. The van der Waals surface area contributed by atoms with Crippen LogP contribution in [0.2, 0.25) is 0 Å². The molecule has 7 heteroatoms. The molecule has 0 aliphatic carbocycles. The molecule has 0 spiro atoms. The molecule has 0 bridgehead atoms. The molecule has 0 saturated heterocycles. The molecule has 0 radical (unpaired) electrons. The summed E-state index contributed by atoms with van der Waals surface area (Å²) in [6, 6.07) is 9.40. The Morgan fingerprint density at radius 3 is 2.90 bits per heavy atom. The van der Waals surface area contributed by atoms with Crippen molar-refractivity contribution in [2.45, 2.75) is 11.8 Å². The number of thioether (sulfide) groups is 1. The Labute approximate surface area is 126 Å². The normalized spacial score (nSPS) is 13.7. The first-order valence-corrected chi connectivity index (χ1v) is 7.27. The number of carbonyl (C=O) groups is 1. The molecule has 2 heterocycles. The van der Waals surface area contributed by atoms with E-state index in [1.807, 2.05) is 30.3 Å². The molecule has 0 N–H and O–H groups in total. The minimum atomic E-state index is -0.0637. The summed E-state index contributed by atoms with van der Waals surface area (Å²) in [5.41, 5.74) is 0. The van der Waals surface area contributed by atoms with Crippen molar-refractivity contribution in [3.63, 3.8) is 0 Å². The second-order valence-electron chi connectivity index (χ2n) is 4.26. The largest absolute Gasteiger partial charge is 0.486 e. The van der Waals surface area contributed by atoms with Crippen LogP contribution in [0.3, 0.4) is 0 Å². The second-order valence-corrected chi connectivity index (χ2v) is 5.20. The van der Waals surface area contributed by atoms with Crippen LogP contribution in [0, 0.1) is 12.3 Å². The van der Waals surface area contributed by atoms with Gasteiger partial charge in [-0.2, -0.15) is 0 Å². The van der Waals surface area contributed by atoms with E-state index in [-0.39, 0.29) is 19.1 Å². The summed E-state index contributed by atoms with van der Waals surface area (Å²) in [6.07, 6.45) is 5.33. The summed E-state index contributed by atoms with van der Waals surface area (Å²) in [5, 5.41) is 10.3. The minimum Gasteiger partial charge on any atom is -0.486 e. The van der Waals surface area contributed by atoms with Crippen molar-refractivity contribution in [2.75, 3.05) is 17.3 Å². The Balaban J connectivity index is 1.83. The number of carbonyl (C=O) groups excluding carboxylic acids is 1. The monoisotopic (exact) mass is 300 g/mol. The highest BCUT2D eigenvalue weighted by atomic mass is 32.2. The van der Waals surface area contributed by atoms with Crippen LogP contribution in [0.25, 0.3) is 0 Å². The summed E-state index contributed by atoms with van der Waals surface area (Å²) in [7, 11) is 0. The second kappa shape index (κ2) is 5.89. The highest BCUT2D eigenvalue weighted by Crippen LogP contribution is 2.23. The van der Waals surface area contributed by atoms with E-state index in [4.69, 9.17) is 11.2 Å². The molecule has 1 aliphatic heterocycles. The molecule has 1 aromatic carbocycles. The molecular weight excluding hydrogens is 288 g/mol. The van der Waals surface area contributed by atoms with Crippen LogP contribution in [-0.4, -0.2) is 33.1 Å². The Morgan fingerprint density at radius 1 is 1.33 bits per heavy atom. The number of fused-ring (bicyclic) bond motifs is 1. The molecule has 21 heavy (non-hydrogen) atoms. The smallest absolute Gasteiger partial charge is 0.252 e. The molecule has 2 aromatic rings. The van der Waals surface area contributed by atoms with Crippen LogP contribution in [-0.2, 0) is 11.4 Å². The lowest BCUT2D eigenvalue weighted by molar-refractivity contribution is -0.117. The lowest BCUT2D eigenvalue weighted by Crippen LogP contribution is -2.46. The topological polar surface area (TPSA) is 60.3 Å². The number of terminal acetylenes is 1. The van der Waals surface area contributed by atoms with E-state index in [1.54, 1.807) is 4.68 Å². The minimum absolute atomic E-state index is 0.0637. The van der Waals surface area contributed by atoms with E-state index in [2.05, 4.69) is 16.1 Å². The highest BCUT2D eigenvalue weighted by molar-refractivity contribution is 7.99. The van der Waals surface area contributed by atoms with Gasteiger partial charge in [-0.3, -0.25) is 4.79 Å². The summed E-state index contributed by atoms with van der Waals surface area (Å²) in [4.78, 5) is 12.0. The SMILES string of the molecule is C#CCN1C(=O)CSc2nnc(COc3ccccc3)n21. The first-order chi connectivity index (χ1) is 10.3. The third kappa shape index (κ3) is 2.71. The number of amides is 1. The maximum atomic E-state index is 12.0. The lowest BCUT2D eigenvalue weighted by atomic mass is 10.3. The quantitative estimate of drug-likeness (QED) is 0.790. The highest BCUT2D eigenvalue weighted by Gasteiger charge is 2.28. The molecule has 1 aliphatic rings. The standard InChI is InChI=1S/C14H12N4O2S/c1-2-8-17-13(19)10-21-14-16-15-12(18(14)17)9-20-11-6-4-3-5-7-11/h1,3-7H,8-10H2. The third-order valence-electron chi connectivity index (χ3n) is 2.88. The summed E-state index contributed by atoms with van der Waals surface area (Å²) >= 11 is 1.34. The van der Waals surface area contributed by atoms with Crippen LogP contribution >= 0.6 is 11.8 Å². The zero-order valence-corrected chi connectivity index (χ0v) is 11.9. The van der Waals surface area contributed by atoms with Crippen molar-refractivity contribution in [3.8, 4) is 18.1 Å². The Hall–Kier alpha value is -2.46. The molecule has 3 rings (SSSR count). The summed E-state index contributed by atoms with van der Waals surface area (Å²) < 4.78 is 7.29. The Bertz CT molecular complexity index is 693. The van der Waals surface area contributed by atoms with Gasteiger partial charge in [0.15, 0.2) is 5.82 Å². The van der Waals surface area contributed by atoms with Crippen molar-refractivity contribution >= 4 is 17.7 Å². The maximum absolute atomic E-state index is 12.0. The number of benzene rings is 1. The molecule has 0 unspecified atom stereocenters. The van der Waals surface area contributed by atoms with Gasteiger partial charge in [0.05, 0.1) is 5.75 Å². The van der Waals surface area contributed by atoms with Crippen LogP contribution in [0.4, 0.5) is 0 Å². The van der Waals surface area contributed by atoms with Crippen molar-refractivity contribution in [1.82, 2.24) is 14.9 Å². The van der Waals surface area contributed by atoms with Gasteiger partial charge in [-0.25, -0.2) is 9.69 Å². The predicted molar refractivity (Wildman–Crippen MR) is 78.4 cm³/mol. The third-order valence-corrected chi connectivity index (χ3v) is 3.79. The number of nitrogens with zero attached hydrogens (tertiary/aromatic N) is 4. The fourth-order valence-corrected chi connectivity index (χ4v) is 2.77. The Kier molecular flexibility index (Phi) is 3.79. The van der Waals surface area contributed by atoms with Gasteiger partial charge in [0.25, 0.3) is 5.91 Å². The van der Waals surface area contributed by atoms with E-state index in [1.165, 1.54) is 16.8 Å². The fraction of sp³-hybridized carbons (Fsp3) is 0.214. The van der Waals surface area contributed by atoms with Crippen LogP contribution in [0.15, 0.2) is 35.5 Å². The molecule has 1 aromatic heterocycles. The average molecular weight is 300 g/mol. The molecule has 106 valence electrons. The summed E-state index contributed by atoms with van der Waals surface area (Å²) in [6.45, 7) is 0.398. The number of aromatic nitrogens is 3. The number of ether oxygens (including phenoxy) is 1. The molecule has 0 atom stereocenters. The zero-order chi connectivity index (χ0) is 14.7. The van der Waals surface area contributed by atoms with Crippen LogP contribution < -0.4 is 9.75 Å². The average Bonchev–Trinajstić information content (AvgIpc) is 2.92. The van der Waals surface area contributed by atoms with Crippen molar-refractivity contribution in [2.24, 2.45) is 0 Å². The van der Waals surface area contributed by atoms with Gasteiger partial charge >= 0.3 is 0 Å². The maximum Gasteiger partial charge on any atom is 0.252 e. The van der Waals surface area contributed by atoms with Gasteiger partial charge < -0.3 is 4.74 Å². The van der Waals surface area contributed by atoms with Crippen molar-refractivity contribution in [1.29, 1.82) is 0 Å². The van der Waals surface area contributed by atoms with Gasteiger partial charge in [-0.05, 0) is 12.1 Å².